The Hall–Kier alpha value is -2.98. The Morgan fingerprint density at radius 1 is 1.20 bits per heavy atom. The summed E-state index contributed by atoms with van der Waals surface area (Å²) >= 11 is 2.62. The van der Waals surface area contributed by atoms with E-state index in [0.717, 1.165) is 33.4 Å². The van der Waals surface area contributed by atoms with Crippen LogP contribution >= 0.6 is 23.1 Å². The van der Waals surface area contributed by atoms with E-state index in [1.54, 1.807) is 29.8 Å². The molecule has 30 heavy (non-hydrogen) atoms. The van der Waals surface area contributed by atoms with Gasteiger partial charge in [-0.25, -0.2) is 9.97 Å². The van der Waals surface area contributed by atoms with Gasteiger partial charge in [-0.1, -0.05) is 23.9 Å². The summed E-state index contributed by atoms with van der Waals surface area (Å²) in [6.07, 6.45) is 1.55. The number of nitrogens with zero attached hydrogens (tertiary/aromatic N) is 3. The van der Waals surface area contributed by atoms with Crippen molar-refractivity contribution in [3.63, 3.8) is 0 Å². The topological polar surface area (TPSA) is 104 Å². The smallest absolute Gasteiger partial charge is 0.288 e. The highest BCUT2D eigenvalue weighted by Gasteiger charge is 2.29. The first kappa shape index (κ1) is 20.3. The molecule has 0 saturated carbocycles. The van der Waals surface area contributed by atoms with E-state index in [1.807, 2.05) is 19.1 Å². The Labute approximate surface area is 181 Å². The van der Waals surface area contributed by atoms with Gasteiger partial charge in [0, 0.05) is 30.1 Å². The van der Waals surface area contributed by atoms with Crippen molar-refractivity contribution in [2.24, 2.45) is 0 Å². The van der Waals surface area contributed by atoms with Crippen LogP contribution in [0, 0.1) is 6.92 Å². The van der Waals surface area contributed by atoms with Crippen LogP contribution in [0.2, 0.25) is 0 Å². The molecule has 0 unspecified atom stereocenters. The lowest BCUT2D eigenvalue weighted by molar-refractivity contribution is -0.124. The van der Waals surface area contributed by atoms with Gasteiger partial charge in [0.2, 0.25) is 5.91 Å². The number of carbonyl (C=O) groups is 3. The first-order valence-electron chi connectivity index (χ1n) is 9.30. The first-order valence-corrected chi connectivity index (χ1v) is 11.1. The van der Waals surface area contributed by atoms with Crippen LogP contribution in [0.15, 0.2) is 36.7 Å². The van der Waals surface area contributed by atoms with Gasteiger partial charge in [0.1, 0.15) is 17.0 Å². The van der Waals surface area contributed by atoms with Crippen molar-refractivity contribution in [2.45, 2.75) is 13.5 Å². The average Bonchev–Trinajstić information content (AvgIpc) is 3.28. The molecule has 10 heteroatoms. The van der Waals surface area contributed by atoms with Crippen LogP contribution in [-0.2, 0) is 11.3 Å². The summed E-state index contributed by atoms with van der Waals surface area (Å²) < 4.78 is 0. The van der Waals surface area contributed by atoms with Gasteiger partial charge in [-0.2, -0.15) is 0 Å². The summed E-state index contributed by atoms with van der Waals surface area (Å²) in [7, 11) is 0. The maximum Gasteiger partial charge on any atom is 0.288 e. The highest BCUT2D eigenvalue weighted by molar-refractivity contribution is 8.14. The number of nitrogens with one attached hydrogen (secondary N) is 2. The highest BCUT2D eigenvalue weighted by Crippen LogP contribution is 2.27. The van der Waals surface area contributed by atoms with Crippen LogP contribution in [0.25, 0.3) is 10.2 Å². The van der Waals surface area contributed by atoms with Crippen molar-refractivity contribution in [1.82, 2.24) is 20.2 Å². The summed E-state index contributed by atoms with van der Waals surface area (Å²) in [5.41, 5.74) is 1.53. The van der Waals surface area contributed by atoms with Gasteiger partial charge in [0.25, 0.3) is 11.1 Å². The summed E-state index contributed by atoms with van der Waals surface area (Å²) in [4.78, 5) is 47.3. The number of hydrogen-bond acceptors (Lipinski definition) is 8. The van der Waals surface area contributed by atoms with Gasteiger partial charge in [0.05, 0.1) is 11.1 Å². The maximum absolute atomic E-state index is 12.3. The number of aryl methyl sites for hydroxylation is 1. The summed E-state index contributed by atoms with van der Waals surface area (Å²) in [6, 6.07) is 9.32. The standard InChI is InChI=1S/C20H19N5O3S2/c1-12-8-15-17(23-11-24-19(15)30-12)22-9-13-2-4-14(5-3-13)18(27)21-6-7-25-16(26)10-29-20(25)28/h2-5,8,11H,6-7,9-10H2,1H3,(H,21,27)(H,22,23,24). The van der Waals surface area contributed by atoms with E-state index in [1.165, 1.54) is 9.78 Å². The molecule has 1 aliphatic heterocycles. The third-order valence-electron chi connectivity index (χ3n) is 4.59. The van der Waals surface area contributed by atoms with E-state index in [2.05, 4.69) is 26.7 Å². The number of hydrogen-bond donors (Lipinski definition) is 2. The number of rotatable bonds is 7. The third kappa shape index (κ3) is 4.44. The quantitative estimate of drug-likeness (QED) is 0.581. The van der Waals surface area contributed by atoms with E-state index in [0.29, 0.717) is 12.1 Å². The predicted molar refractivity (Wildman–Crippen MR) is 118 cm³/mol. The largest absolute Gasteiger partial charge is 0.365 e. The maximum atomic E-state index is 12.3. The van der Waals surface area contributed by atoms with E-state index in [4.69, 9.17) is 0 Å². The van der Waals surface area contributed by atoms with Crippen LogP contribution in [0.1, 0.15) is 20.8 Å². The minimum absolute atomic E-state index is 0.175. The summed E-state index contributed by atoms with van der Waals surface area (Å²) in [5.74, 6) is 0.506. The van der Waals surface area contributed by atoms with Gasteiger partial charge in [0.15, 0.2) is 0 Å². The second-order valence-electron chi connectivity index (χ2n) is 6.70. The van der Waals surface area contributed by atoms with Crippen molar-refractivity contribution in [3.8, 4) is 0 Å². The van der Waals surface area contributed by atoms with Crippen molar-refractivity contribution in [2.75, 3.05) is 24.2 Å². The number of benzene rings is 1. The molecule has 4 rings (SSSR count). The Bertz CT molecular complexity index is 1100. The molecule has 0 radical (unpaired) electrons. The fraction of sp³-hybridized carbons (Fsp3) is 0.250. The molecule has 0 aliphatic carbocycles. The minimum Gasteiger partial charge on any atom is -0.365 e. The lowest BCUT2D eigenvalue weighted by Gasteiger charge is -2.13. The molecule has 3 amide bonds. The molecule has 0 atom stereocenters. The number of aromatic nitrogens is 2. The number of thioether (sulfide) groups is 1. The fourth-order valence-electron chi connectivity index (χ4n) is 3.06. The molecule has 1 fully saturated rings. The molecule has 2 N–H and O–H groups in total. The Morgan fingerprint density at radius 3 is 2.73 bits per heavy atom. The number of imide groups is 1. The molecule has 1 aromatic carbocycles. The van der Waals surface area contributed by atoms with E-state index >= 15 is 0 Å². The van der Waals surface area contributed by atoms with Gasteiger partial charge in [-0.05, 0) is 30.7 Å². The zero-order valence-corrected chi connectivity index (χ0v) is 17.8. The molecular formula is C20H19N5O3S2. The number of carbonyl (C=O) groups excluding carboxylic acids is 3. The molecule has 0 bridgehead atoms. The van der Waals surface area contributed by atoms with Crippen molar-refractivity contribution in [1.29, 1.82) is 0 Å². The SMILES string of the molecule is Cc1cc2c(NCc3ccc(C(=O)NCCN4C(=O)CSC4=O)cc3)ncnc2s1. The fourth-order valence-corrected chi connectivity index (χ4v) is 4.66. The van der Waals surface area contributed by atoms with Crippen LogP contribution < -0.4 is 10.6 Å². The minimum atomic E-state index is -0.260. The van der Waals surface area contributed by atoms with Crippen LogP contribution in [-0.4, -0.2) is 50.8 Å². The number of fused-ring (bicyclic) bond motifs is 1. The molecular weight excluding hydrogens is 422 g/mol. The Balaban J connectivity index is 1.30. The van der Waals surface area contributed by atoms with Crippen molar-refractivity contribution >= 4 is 56.2 Å². The van der Waals surface area contributed by atoms with Crippen LogP contribution in [0.5, 0.6) is 0 Å². The number of anilines is 1. The first-order chi connectivity index (χ1) is 14.5. The van der Waals surface area contributed by atoms with Crippen molar-refractivity contribution < 1.29 is 14.4 Å². The molecule has 1 aliphatic rings. The summed E-state index contributed by atoms with van der Waals surface area (Å²) in [6.45, 7) is 3.03. The molecule has 8 nitrogen and oxygen atoms in total. The lowest BCUT2D eigenvalue weighted by Crippen LogP contribution is -2.37. The van der Waals surface area contributed by atoms with Gasteiger partial charge >= 0.3 is 0 Å². The lowest BCUT2D eigenvalue weighted by atomic mass is 10.1. The monoisotopic (exact) mass is 441 g/mol. The Morgan fingerprint density at radius 2 is 2.00 bits per heavy atom. The zero-order valence-electron chi connectivity index (χ0n) is 16.2. The number of thiophene rings is 1. The van der Waals surface area contributed by atoms with Gasteiger partial charge < -0.3 is 10.6 Å². The van der Waals surface area contributed by atoms with E-state index in [-0.39, 0.29) is 35.9 Å². The molecule has 3 aromatic rings. The highest BCUT2D eigenvalue weighted by atomic mass is 32.2. The average molecular weight is 442 g/mol. The summed E-state index contributed by atoms with van der Waals surface area (Å²) in [5, 5.41) is 6.81. The van der Waals surface area contributed by atoms with Crippen LogP contribution in [0.3, 0.4) is 0 Å². The predicted octanol–water partition coefficient (Wildman–Crippen LogP) is 3.04. The third-order valence-corrected chi connectivity index (χ3v) is 6.41. The molecule has 0 spiro atoms. The van der Waals surface area contributed by atoms with Crippen molar-refractivity contribution in [3.05, 3.63) is 52.7 Å². The van der Waals surface area contributed by atoms with Gasteiger partial charge in [-0.3, -0.25) is 19.3 Å². The van der Waals surface area contributed by atoms with Gasteiger partial charge in [-0.15, -0.1) is 11.3 Å². The molecule has 3 heterocycles. The second kappa shape index (κ2) is 8.80. The molecule has 2 aromatic heterocycles. The molecule has 154 valence electrons. The van der Waals surface area contributed by atoms with E-state index in [9.17, 15) is 14.4 Å². The van der Waals surface area contributed by atoms with E-state index < -0.39 is 0 Å². The van der Waals surface area contributed by atoms with Crippen LogP contribution in [0.4, 0.5) is 10.6 Å². The second-order valence-corrected chi connectivity index (χ2v) is 8.87. The number of amides is 3. The normalized spacial score (nSPS) is 13.8. The Kier molecular flexibility index (Phi) is 5.96. The zero-order chi connectivity index (χ0) is 21.1. The molecule has 1 saturated heterocycles.